The molecule has 0 radical (unpaired) electrons. The fraction of sp³-hybridized carbons (Fsp3) is 0.263. The first-order valence-corrected chi connectivity index (χ1v) is 8.90. The maximum absolute atomic E-state index is 12.2. The molecular formula is C19H18Cl2N2O3. The zero-order valence-electron chi connectivity index (χ0n) is 14.4. The third-order valence-electron chi connectivity index (χ3n) is 3.79. The molecule has 0 aliphatic heterocycles. The number of oxazole rings is 1. The Morgan fingerprint density at radius 1 is 1.23 bits per heavy atom. The Morgan fingerprint density at radius 3 is 2.65 bits per heavy atom. The molecule has 1 heterocycles. The van der Waals surface area contributed by atoms with Gasteiger partial charge in [0.2, 0.25) is 5.89 Å². The maximum atomic E-state index is 12.2. The van der Waals surface area contributed by atoms with E-state index in [-0.39, 0.29) is 5.92 Å². The predicted octanol–water partition coefficient (Wildman–Crippen LogP) is 4.81. The second-order valence-electron chi connectivity index (χ2n) is 6.12. The summed E-state index contributed by atoms with van der Waals surface area (Å²) in [5, 5.41) is 4.04. The first-order chi connectivity index (χ1) is 12.5. The summed E-state index contributed by atoms with van der Waals surface area (Å²) in [6.07, 6.45) is 0. The molecule has 0 spiro atoms. The fourth-order valence-corrected chi connectivity index (χ4v) is 3.09. The van der Waals surface area contributed by atoms with Crippen LogP contribution >= 0.6 is 23.2 Å². The number of hydrogen-bond donors (Lipinski definition) is 1. The quantitative estimate of drug-likeness (QED) is 0.609. The smallest absolute Gasteiger partial charge is 0.338 e. The van der Waals surface area contributed by atoms with Crippen LogP contribution in [-0.4, -0.2) is 31.2 Å². The summed E-state index contributed by atoms with van der Waals surface area (Å²) in [4.78, 5) is 16.6. The van der Waals surface area contributed by atoms with Gasteiger partial charge in [0.1, 0.15) is 5.52 Å². The van der Waals surface area contributed by atoms with Crippen molar-refractivity contribution in [1.29, 1.82) is 0 Å². The second kappa shape index (κ2) is 8.08. The van der Waals surface area contributed by atoms with Crippen molar-refractivity contribution in [3.05, 3.63) is 52.0 Å². The van der Waals surface area contributed by atoms with Crippen LogP contribution in [0.2, 0.25) is 10.0 Å². The van der Waals surface area contributed by atoms with Crippen LogP contribution in [0, 0.1) is 5.92 Å². The van der Waals surface area contributed by atoms with E-state index in [1.54, 1.807) is 36.4 Å². The van der Waals surface area contributed by atoms with Crippen LogP contribution in [0.5, 0.6) is 0 Å². The lowest BCUT2D eigenvalue weighted by Gasteiger charge is -2.11. The number of carbonyl (C=O) groups is 1. The average molecular weight is 393 g/mol. The predicted molar refractivity (Wildman–Crippen MR) is 103 cm³/mol. The highest BCUT2D eigenvalue weighted by Crippen LogP contribution is 2.29. The Hall–Kier alpha value is -2.08. The Labute approximate surface area is 161 Å². The first kappa shape index (κ1) is 18.7. The van der Waals surface area contributed by atoms with Crippen LogP contribution in [0.1, 0.15) is 17.3 Å². The van der Waals surface area contributed by atoms with E-state index in [0.29, 0.717) is 44.8 Å². The highest BCUT2D eigenvalue weighted by atomic mass is 35.5. The van der Waals surface area contributed by atoms with E-state index in [2.05, 4.69) is 10.3 Å². The summed E-state index contributed by atoms with van der Waals surface area (Å²) in [6, 6.07) is 10.1. The van der Waals surface area contributed by atoms with Crippen LogP contribution in [0.3, 0.4) is 0 Å². The van der Waals surface area contributed by atoms with E-state index in [0.717, 1.165) is 6.54 Å². The Bertz CT molecular complexity index is 919. The lowest BCUT2D eigenvalue weighted by atomic mass is 10.2. The average Bonchev–Trinajstić information content (AvgIpc) is 3.02. The molecule has 1 unspecified atom stereocenters. The summed E-state index contributed by atoms with van der Waals surface area (Å²) >= 11 is 12.1. The van der Waals surface area contributed by atoms with Gasteiger partial charge in [0.25, 0.3) is 0 Å². The molecule has 0 amide bonds. The zero-order chi connectivity index (χ0) is 18.7. The van der Waals surface area contributed by atoms with E-state index in [4.69, 9.17) is 32.4 Å². The molecule has 0 bridgehead atoms. The number of rotatable bonds is 6. The number of hydrogen-bond acceptors (Lipinski definition) is 5. The van der Waals surface area contributed by atoms with E-state index >= 15 is 0 Å². The number of aromatic nitrogens is 1. The van der Waals surface area contributed by atoms with Gasteiger partial charge in [0, 0.05) is 28.1 Å². The molecule has 1 N–H and O–H groups in total. The molecule has 7 heteroatoms. The Balaban J connectivity index is 1.82. The summed E-state index contributed by atoms with van der Waals surface area (Å²) in [5.74, 6) is 0.230. The van der Waals surface area contributed by atoms with Crippen molar-refractivity contribution in [3.63, 3.8) is 0 Å². The van der Waals surface area contributed by atoms with Gasteiger partial charge in [-0.2, -0.15) is 0 Å². The standard InChI is InChI=1S/C19H18Cl2N2O3/c1-11(9-22-2)10-25-19(24)12-3-4-16-17(7-12)26-18(23-16)13-5-14(20)8-15(21)6-13/h3-8,11,22H,9-10H2,1-2H3. The van der Waals surface area contributed by atoms with E-state index in [1.807, 2.05) is 14.0 Å². The topological polar surface area (TPSA) is 64.4 Å². The highest BCUT2D eigenvalue weighted by Gasteiger charge is 2.14. The van der Waals surface area contributed by atoms with Gasteiger partial charge in [-0.25, -0.2) is 9.78 Å². The molecule has 0 fully saturated rings. The number of carbonyl (C=O) groups excluding carboxylic acids is 1. The van der Waals surface area contributed by atoms with Crippen LogP contribution in [0.25, 0.3) is 22.6 Å². The van der Waals surface area contributed by atoms with E-state index in [9.17, 15) is 4.79 Å². The van der Waals surface area contributed by atoms with Gasteiger partial charge in [-0.15, -0.1) is 0 Å². The molecule has 1 aromatic heterocycles. The van der Waals surface area contributed by atoms with Crippen LogP contribution in [-0.2, 0) is 4.74 Å². The highest BCUT2D eigenvalue weighted by molar-refractivity contribution is 6.35. The molecule has 0 aliphatic carbocycles. The van der Waals surface area contributed by atoms with Gasteiger partial charge >= 0.3 is 5.97 Å². The molecule has 3 aromatic rings. The number of benzene rings is 2. The molecule has 5 nitrogen and oxygen atoms in total. The van der Waals surface area contributed by atoms with Gasteiger partial charge < -0.3 is 14.5 Å². The minimum atomic E-state index is -0.390. The minimum Gasteiger partial charge on any atom is -0.462 e. The Kier molecular flexibility index (Phi) is 5.81. The van der Waals surface area contributed by atoms with Gasteiger partial charge in [-0.1, -0.05) is 30.1 Å². The van der Waals surface area contributed by atoms with E-state index < -0.39 is 5.97 Å². The summed E-state index contributed by atoms with van der Waals surface area (Å²) in [7, 11) is 1.86. The first-order valence-electron chi connectivity index (χ1n) is 8.15. The number of fused-ring (bicyclic) bond motifs is 1. The van der Waals surface area contributed by atoms with Crippen LogP contribution < -0.4 is 5.32 Å². The molecule has 1 atom stereocenters. The lowest BCUT2D eigenvalue weighted by molar-refractivity contribution is 0.0450. The molecule has 26 heavy (non-hydrogen) atoms. The molecule has 136 valence electrons. The zero-order valence-corrected chi connectivity index (χ0v) is 15.9. The van der Waals surface area contributed by atoms with Crippen molar-refractivity contribution in [1.82, 2.24) is 10.3 Å². The van der Waals surface area contributed by atoms with Crippen LogP contribution in [0.4, 0.5) is 0 Å². The molecule has 0 saturated carbocycles. The SMILES string of the molecule is CNCC(C)COC(=O)c1ccc2nc(-c3cc(Cl)cc(Cl)c3)oc2c1. The van der Waals surface area contributed by atoms with Crippen molar-refractivity contribution >= 4 is 40.3 Å². The van der Waals surface area contributed by atoms with Crippen molar-refractivity contribution in [2.24, 2.45) is 5.92 Å². The summed E-state index contributed by atoms with van der Waals surface area (Å²) < 4.78 is 11.1. The molecular weight excluding hydrogens is 375 g/mol. The number of ether oxygens (including phenoxy) is 1. The van der Waals surface area contributed by atoms with Crippen molar-refractivity contribution < 1.29 is 13.9 Å². The summed E-state index contributed by atoms with van der Waals surface area (Å²) in [6.45, 7) is 3.13. The number of esters is 1. The normalized spacial score (nSPS) is 12.3. The van der Waals surface area contributed by atoms with Gasteiger partial charge in [0.15, 0.2) is 5.58 Å². The largest absolute Gasteiger partial charge is 0.462 e. The Morgan fingerprint density at radius 2 is 1.96 bits per heavy atom. The number of nitrogens with one attached hydrogen (secondary N) is 1. The molecule has 0 aliphatic rings. The molecule has 0 saturated heterocycles. The van der Waals surface area contributed by atoms with Crippen LogP contribution in [0.15, 0.2) is 40.8 Å². The molecule has 2 aromatic carbocycles. The van der Waals surface area contributed by atoms with Crippen molar-refractivity contribution in [3.8, 4) is 11.5 Å². The van der Waals surface area contributed by atoms with Crippen molar-refractivity contribution in [2.75, 3.05) is 20.2 Å². The van der Waals surface area contributed by atoms with Gasteiger partial charge in [-0.05, 0) is 43.4 Å². The molecule has 3 rings (SSSR count). The monoisotopic (exact) mass is 392 g/mol. The minimum absolute atomic E-state index is 0.233. The number of halogens is 2. The number of nitrogens with zero attached hydrogens (tertiary/aromatic N) is 1. The fourth-order valence-electron chi connectivity index (χ4n) is 2.56. The second-order valence-corrected chi connectivity index (χ2v) is 6.99. The van der Waals surface area contributed by atoms with Crippen molar-refractivity contribution in [2.45, 2.75) is 6.92 Å². The van der Waals surface area contributed by atoms with E-state index in [1.165, 1.54) is 0 Å². The lowest BCUT2D eigenvalue weighted by Crippen LogP contribution is -2.22. The third kappa shape index (κ3) is 4.36. The summed E-state index contributed by atoms with van der Waals surface area (Å²) in [5.41, 5.74) is 2.22. The third-order valence-corrected chi connectivity index (χ3v) is 4.22. The van der Waals surface area contributed by atoms with Gasteiger partial charge in [-0.3, -0.25) is 0 Å². The maximum Gasteiger partial charge on any atom is 0.338 e. The van der Waals surface area contributed by atoms with Gasteiger partial charge in [0.05, 0.1) is 12.2 Å².